The van der Waals surface area contributed by atoms with Crippen LogP contribution in [0.2, 0.25) is 0 Å². The molecular weight excluding hydrogens is 422 g/mol. The number of nitrogens with zero attached hydrogens (tertiary/aromatic N) is 1. The number of hydrogen-bond acceptors (Lipinski definition) is 7. The van der Waals surface area contributed by atoms with Crippen molar-refractivity contribution in [2.24, 2.45) is 0 Å². The molecule has 30 heavy (non-hydrogen) atoms. The monoisotopic (exact) mass is 443 g/mol. The molecule has 0 atom stereocenters. The summed E-state index contributed by atoms with van der Waals surface area (Å²) in [5.41, 5.74) is 1.63. The Kier molecular flexibility index (Phi) is 6.96. The molecule has 0 aliphatic carbocycles. The number of fused-ring (bicyclic) bond motifs is 1. The van der Waals surface area contributed by atoms with Gasteiger partial charge in [0.1, 0.15) is 5.75 Å². The van der Waals surface area contributed by atoms with E-state index in [1.54, 1.807) is 56.3 Å². The highest BCUT2D eigenvalue weighted by molar-refractivity contribution is 7.80. The number of carbonyl (C=O) groups is 2. The molecule has 9 heteroatoms. The first-order valence-electron chi connectivity index (χ1n) is 9.32. The molecule has 7 nitrogen and oxygen atoms in total. The highest BCUT2D eigenvalue weighted by atomic mass is 32.1. The molecule has 0 radical (unpaired) electrons. The first-order chi connectivity index (χ1) is 14.4. The van der Waals surface area contributed by atoms with Gasteiger partial charge in [0.25, 0.3) is 5.91 Å². The number of amides is 1. The second-order valence-corrected chi connectivity index (χ2v) is 7.96. The maximum Gasteiger partial charge on any atom is 0.338 e. The summed E-state index contributed by atoms with van der Waals surface area (Å²) < 4.78 is 11.4. The van der Waals surface area contributed by atoms with E-state index >= 15 is 0 Å². The zero-order valence-electron chi connectivity index (χ0n) is 16.7. The van der Waals surface area contributed by atoms with E-state index in [9.17, 15) is 9.59 Å². The number of anilines is 1. The minimum Gasteiger partial charge on any atom is -0.494 e. The molecule has 0 aliphatic rings. The molecule has 0 aliphatic heterocycles. The van der Waals surface area contributed by atoms with Crippen LogP contribution in [0.3, 0.4) is 0 Å². The van der Waals surface area contributed by atoms with Gasteiger partial charge in [-0.2, -0.15) is 0 Å². The lowest BCUT2D eigenvalue weighted by Gasteiger charge is -2.08. The van der Waals surface area contributed by atoms with Gasteiger partial charge in [-0.1, -0.05) is 11.3 Å². The molecule has 0 spiro atoms. The van der Waals surface area contributed by atoms with Gasteiger partial charge in [-0.3, -0.25) is 10.1 Å². The quantitative estimate of drug-likeness (QED) is 0.431. The fraction of sp³-hybridized carbons (Fsp3) is 0.238. The number of rotatable bonds is 6. The summed E-state index contributed by atoms with van der Waals surface area (Å²) in [6.45, 7) is 6.05. The van der Waals surface area contributed by atoms with Crippen molar-refractivity contribution in [2.45, 2.75) is 26.9 Å². The Bertz CT molecular complexity index is 1080. The largest absolute Gasteiger partial charge is 0.494 e. The second-order valence-electron chi connectivity index (χ2n) is 6.52. The van der Waals surface area contributed by atoms with Gasteiger partial charge in [0, 0.05) is 5.56 Å². The molecule has 0 saturated heterocycles. The third-order valence-electron chi connectivity index (χ3n) is 3.84. The van der Waals surface area contributed by atoms with Gasteiger partial charge >= 0.3 is 5.97 Å². The molecule has 0 saturated carbocycles. The average molecular weight is 444 g/mol. The van der Waals surface area contributed by atoms with Crippen LogP contribution in [0, 0.1) is 0 Å². The number of benzene rings is 2. The first kappa shape index (κ1) is 21.7. The van der Waals surface area contributed by atoms with Crippen molar-refractivity contribution >= 4 is 55.9 Å². The molecule has 2 N–H and O–H groups in total. The van der Waals surface area contributed by atoms with E-state index in [4.69, 9.17) is 21.7 Å². The van der Waals surface area contributed by atoms with E-state index in [0.29, 0.717) is 34.1 Å². The van der Waals surface area contributed by atoms with Crippen LogP contribution in [0.25, 0.3) is 10.2 Å². The average Bonchev–Trinajstić information content (AvgIpc) is 3.09. The van der Waals surface area contributed by atoms with Crippen LogP contribution in [0.5, 0.6) is 5.75 Å². The van der Waals surface area contributed by atoms with Crippen LogP contribution in [0.1, 0.15) is 41.5 Å². The number of esters is 1. The molecular formula is C21H21N3O4S2. The summed E-state index contributed by atoms with van der Waals surface area (Å²) in [5, 5.41) is 6.18. The van der Waals surface area contributed by atoms with Gasteiger partial charge in [-0.05, 0) is 75.5 Å². The van der Waals surface area contributed by atoms with E-state index < -0.39 is 0 Å². The number of carbonyl (C=O) groups excluding carboxylic acids is 2. The summed E-state index contributed by atoms with van der Waals surface area (Å²) >= 11 is 6.54. The number of aromatic nitrogens is 1. The predicted octanol–water partition coefficient (Wildman–Crippen LogP) is 4.39. The first-order valence-corrected chi connectivity index (χ1v) is 10.5. The fourth-order valence-electron chi connectivity index (χ4n) is 2.56. The van der Waals surface area contributed by atoms with Crippen molar-refractivity contribution in [3.63, 3.8) is 0 Å². The molecule has 2 aromatic carbocycles. The Morgan fingerprint density at radius 2 is 1.83 bits per heavy atom. The fourth-order valence-corrected chi connectivity index (χ4v) is 3.72. The van der Waals surface area contributed by atoms with Crippen LogP contribution < -0.4 is 15.4 Å². The Morgan fingerprint density at radius 3 is 2.50 bits per heavy atom. The standard InChI is InChI=1S/C21H21N3O4S2/c1-4-27-15-8-5-13(6-9-15)18(25)23-20(29)24-21-22-16-10-7-14(11-17(16)30-21)19(26)28-12(2)3/h5-12H,4H2,1-3H3,(H2,22,23,24,25,29). The summed E-state index contributed by atoms with van der Waals surface area (Å²) in [5.74, 6) is -0.0239. The molecule has 0 bridgehead atoms. The predicted molar refractivity (Wildman–Crippen MR) is 121 cm³/mol. The van der Waals surface area contributed by atoms with Crippen molar-refractivity contribution in [3.05, 3.63) is 53.6 Å². The van der Waals surface area contributed by atoms with Gasteiger partial charge in [-0.25, -0.2) is 9.78 Å². The van der Waals surface area contributed by atoms with Crippen molar-refractivity contribution in [1.82, 2.24) is 10.3 Å². The molecule has 0 unspecified atom stereocenters. The summed E-state index contributed by atoms with van der Waals surface area (Å²) in [4.78, 5) is 28.8. The number of thiocarbonyl (C=S) groups is 1. The van der Waals surface area contributed by atoms with Crippen LogP contribution in [-0.2, 0) is 4.74 Å². The van der Waals surface area contributed by atoms with Crippen LogP contribution in [0.4, 0.5) is 5.13 Å². The third kappa shape index (κ3) is 5.52. The molecule has 1 heterocycles. The maximum atomic E-state index is 12.3. The Labute approximate surface area is 183 Å². The SMILES string of the molecule is CCOc1ccc(C(=O)NC(=S)Nc2nc3ccc(C(=O)OC(C)C)cc3s2)cc1. The van der Waals surface area contributed by atoms with Crippen molar-refractivity contribution in [1.29, 1.82) is 0 Å². The van der Waals surface area contributed by atoms with Gasteiger partial charge < -0.3 is 14.8 Å². The maximum absolute atomic E-state index is 12.3. The molecule has 156 valence electrons. The number of hydrogen-bond donors (Lipinski definition) is 2. The lowest BCUT2D eigenvalue weighted by atomic mass is 10.2. The van der Waals surface area contributed by atoms with Crippen molar-refractivity contribution in [3.8, 4) is 5.75 Å². The van der Waals surface area contributed by atoms with E-state index in [2.05, 4.69) is 15.6 Å². The molecule has 1 aromatic heterocycles. The lowest BCUT2D eigenvalue weighted by Crippen LogP contribution is -2.34. The smallest absolute Gasteiger partial charge is 0.338 e. The van der Waals surface area contributed by atoms with E-state index in [-0.39, 0.29) is 23.1 Å². The topological polar surface area (TPSA) is 89.5 Å². The zero-order valence-corrected chi connectivity index (χ0v) is 18.4. The number of nitrogens with one attached hydrogen (secondary N) is 2. The Hall–Kier alpha value is -3.04. The minimum atomic E-state index is -0.382. The normalized spacial score (nSPS) is 10.7. The van der Waals surface area contributed by atoms with E-state index in [1.807, 2.05) is 6.92 Å². The Balaban J connectivity index is 1.64. The Morgan fingerprint density at radius 1 is 1.13 bits per heavy atom. The van der Waals surface area contributed by atoms with Crippen molar-refractivity contribution < 1.29 is 19.1 Å². The highest BCUT2D eigenvalue weighted by Gasteiger charge is 2.13. The van der Waals surface area contributed by atoms with Crippen LogP contribution in [0.15, 0.2) is 42.5 Å². The number of ether oxygens (including phenoxy) is 2. The van der Waals surface area contributed by atoms with E-state index in [1.165, 1.54) is 11.3 Å². The summed E-state index contributed by atoms with van der Waals surface area (Å²) in [6.07, 6.45) is -0.191. The van der Waals surface area contributed by atoms with Gasteiger partial charge in [0.2, 0.25) is 0 Å². The number of thiazole rings is 1. The van der Waals surface area contributed by atoms with Crippen LogP contribution in [-0.4, -0.2) is 34.7 Å². The summed E-state index contributed by atoms with van der Waals surface area (Å²) in [7, 11) is 0. The molecule has 3 aromatic rings. The zero-order chi connectivity index (χ0) is 21.7. The lowest BCUT2D eigenvalue weighted by molar-refractivity contribution is 0.0378. The van der Waals surface area contributed by atoms with Gasteiger partial charge in [0.15, 0.2) is 10.2 Å². The van der Waals surface area contributed by atoms with E-state index in [0.717, 1.165) is 4.70 Å². The third-order valence-corrected chi connectivity index (χ3v) is 4.98. The van der Waals surface area contributed by atoms with Gasteiger partial charge in [0.05, 0.1) is 28.5 Å². The molecule has 1 amide bonds. The molecule has 0 fully saturated rings. The van der Waals surface area contributed by atoms with Gasteiger partial charge in [-0.15, -0.1) is 0 Å². The minimum absolute atomic E-state index is 0.132. The molecule has 3 rings (SSSR count). The summed E-state index contributed by atoms with van der Waals surface area (Å²) in [6, 6.07) is 11.9. The van der Waals surface area contributed by atoms with Crippen molar-refractivity contribution in [2.75, 3.05) is 11.9 Å². The second kappa shape index (κ2) is 9.64. The highest BCUT2D eigenvalue weighted by Crippen LogP contribution is 2.27. The van der Waals surface area contributed by atoms with Crippen LogP contribution >= 0.6 is 23.6 Å².